The van der Waals surface area contributed by atoms with Gasteiger partial charge in [0.25, 0.3) is 0 Å². The molecular formula is C23H22ClN3O3. The molecule has 4 aromatic rings. The lowest BCUT2D eigenvalue weighted by atomic mass is 10.1. The second-order valence-electron chi connectivity index (χ2n) is 7.37. The summed E-state index contributed by atoms with van der Waals surface area (Å²) in [5, 5.41) is 8.68. The molecule has 0 fully saturated rings. The molecule has 154 valence electrons. The quantitative estimate of drug-likeness (QED) is 0.411. The van der Waals surface area contributed by atoms with Crippen LogP contribution >= 0.6 is 11.6 Å². The number of aryl methyl sites for hydroxylation is 1. The Morgan fingerprint density at radius 2 is 1.97 bits per heavy atom. The summed E-state index contributed by atoms with van der Waals surface area (Å²) in [7, 11) is 0. The average Bonchev–Trinajstić information content (AvgIpc) is 3.25. The lowest BCUT2D eigenvalue weighted by Gasteiger charge is -2.08. The molecule has 0 bridgehead atoms. The van der Waals surface area contributed by atoms with Gasteiger partial charge in [-0.2, -0.15) is 5.10 Å². The summed E-state index contributed by atoms with van der Waals surface area (Å²) in [5.41, 5.74) is 3.56. The van der Waals surface area contributed by atoms with Gasteiger partial charge in [-0.1, -0.05) is 41.9 Å². The number of ether oxygens (including phenoxy) is 1. The van der Waals surface area contributed by atoms with Crippen molar-refractivity contribution >= 4 is 34.5 Å². The van der Waals surface area contributed by atoms with Crippen molar-refractivity contribution in [3.8, 4) is 11.3 Å². The van der Waals surface area contributed by atoms with Gasteiger partial charge < -0.3 is 9.15 Å². The molecule has 2 heterocycles. The van der Waals surface area contributed by atoms with Crippen LogP contribution in [0.1, 0.15) is 25.1 Å². The zero-order valence-electron chi connectivity index (χ0n) is 17.0. The second-order valence-corrected chi connectivity index (χ2v) is 7.80. The van der Waals surface area contributed by atoms with E-state index in [4.69, 9.17) is 20.8 Å². The maximum atomic E-state index is 11.8. The standard InChI is InChI=1S/C23H22ClN3O3/c1-14(2)29-23(28)25-21-9-15(3)27(26-21)13-18-11-19(24)10-17-12-20(30-22(17)18)16-7-5-4-6-8-16/h4-12,14H,13H2,1-3H3,(H,25,26,28). The van der Waals surface area contributed by atoms with Gasteiger partial charge in [-0.15, -0.1) is 0 Å². The Morgan fingerprint density at radius 3 is 2.70 bits per heavy atom. The first-order chi connectivity index (χ1) is 14.4. The predicted molar refractivity (Wildman–Crippen MR) is 118 cm³/mol. The maximum absolute atomic E-state index is 11.8. The molecule has 1 N–H and O–H groups in total. The summed E-state index contributed by atoms with van der Waals surface area (Å²) in [4.78, 5) is 11.8. The first-order valence-electron chi connectivity index (χ1n) is 9.68. The van der Waals surface area contributed by atoms with Gasteiger partial charge in [-0.25, -0.2) is 4.79 Å². The van der Waals surface area contributed by atoms with Crippen LogP contribution in [0.5, 0.6) is 0 Å². The summed E-state index contributed by atoms with van der Waals surface area (Å²) in [6, 6.07) is 17.5. The van der Waals surface area contributed by atoms with Crippen LogP contribution in [0.15, 0.2) is 59.0 Å². The average molecular weight is 424 g/mol. The van der Waals surface area contributed by atoms with E-state index in [2.05, 4.69) is 10.4 Å². The van der Waals surface area contributed by atoms with Crippen LogP contribution in [-0.2, 0) is 11.3 Å². The lowest BCUT2D eigenvalue weighted by Crippen LogP contribution is -2.18. The number of carbonyl (C=O) groups is 1. The number of fused-ring (bicyclic) bond motifs is 1. The third-order valence-corrected chi connectivity index (χ3v) is 4.81. The van der Waals surface area contributed by atoms with Crippen molar-refractivity contribution in [3.05, 3.63) is 70.9 Å². The molecule has 7 heteroatoms. The Kier molecular flexibility index (Phi) is 5.50. The fraction of sp³-hybridized carbons (Fsp3) is 0.217. The number of furan rings is 1. The third kappa shape index (κ3) is 4.33. The van der Waals surface area contributed by atoms with Crippen molar-refractivity contribution in [1.82, 2.24) is 9.78 Å². The highest BCUT2D eigenvalue weighted by molar-refractivity contribution is 6.31. The van der Waals surface area contributed by atoms with Crippen LogP contribution in [-0.4, -0.2) is 22.0 Å². The molecule has 4 rings (SSSR count). The molecule has 0 atom stereocenters. The van der Waals surface area contributed by atoms with Gasteiger partial charge in [-0.3, -0.25) is 10.00 Å². The minimum absolute atomic E-state index is 0.203. The normalized spacial score (nSPS) is 11.2. The fourth-order valence-electron chi connectivity index (χ4n) is 3.29. The maximum Gasteiger partial charge on any atom is 0.413 e. The van der Waals surface area contributed by atoms with E-state index in [-0.39, 0.29) is 6.10 Å². The minimum Gasteiger partial charge on any atom is -0.456 e. The monoisotopic (exact) mass is 423 g/mol. The zero-order chi connectivity index (χ0) is 21.3. The first kappa shape index (κ1) is 20.0. The number of hydrogen-bond acceptors (Lipinski definition) is 4. The molecular weight excluding hydrogens is 402 g/mol. The molecule has 1 amide bonds. The minimum atomic E-state index is -0.529. The van der Waals surface area contributed by atoms with E-state index in [9.17, 15) is 4.79 Å². The summed E-state index contributed by atoms with van der Waals surface area (Å²) in [6.45, 7) is 5.96. The van der Waals surface area contributed by atoms with E-state index < -0.39 is 6.09 Å². The molecule has 2 aromatic heterocycles. The number of aromatic nitrogens is 2. The molecule has 0 aliphatic heterocycles. The molecule has 0 saturated carbocycles. The van der Waals surface area contributed by atoms with Gasteiger partial charge in [0.1, 0.15) is 11.3 Å². The Bertz CT molecular complexity index is 1200. The number of halogens is 1. The van der Waals surface area contributed by atoms with Gasteiger partial charge >= 0.3 is 6.09 Å². The van der Waals surface area contributed by atoms with Crippen LogP contribution in [0.25, 0.3) is 22.3 Å². The summed E-state index contributed by atoms with van der Waals surface area (Å²) in [5.74, 6) is 1.21. The number of nitrogens with zero attached hydrogens (tertiary/aromatic N) is 2. The highest BCUT2D eigenvalue weighted by Gasteiger charge is 2.15. The van der Waals surface area contributed by atoms with Crippen molar-refractivity contribution in [2.45, 2.75) is 33.4 Å². The molecule has 0 radical (unpaired) electrons. The van der Waals surface area contributed by atoms with Crippen molar-refractivity contribution in [1.29, 1.82) is 0 Å². The molecule has 0 saturated heterocycles. The Labute approximate surface area is 179 Å². The van der Waals surface area contributed by atoms with Crippen molar-refractivity contribution < 1.29 is 13.9 Å². The van der Waals surface area contributed by atoms with Crippen LogP contribution in [0.4, 0.5) is 10.6 Å². The number of amides is 1. The first-order valence-corrected chi connectivity index (χ1v) is 10.1. The summed E-state index contributed by atoms with van der Waals surface area (Å²) in [6.07, 6.45) is -0.732. The largest absolute Gasteiger partial charge is 0.456 e. The smallest absolute Gasteiger partial charge is 0.413 e. The molecule has 6 nitrogen and oxygen atoms in total. The van der Waals surface area contributed by atoms with Gasteiger partial charge in [0.15, 0.2) is 5.82 Å². The predicted octanol–water partition coefficient (Wildman–Crippen LogP) is 6.26. The van der Waals surface area contributed by atoms with Crippen molar-refractivity contribution in [3.63, 3.8) is 0 Å². The van der Waals surface area contributed by atoms with Crippen LogP contribution in [0.3, 0.4) is 0 Å². The molecule has 0 aliphatic rings. The number of carbonyl (C=O) groups excluding carboxylic acids is 1. The Balaban J connectivity index is 1.64. The summed E-state index contributed by atoms with van der Waals surface area (Å²) < 4.78 is 13.1. The second kappa shape index (κ2) is 8.24. The fourth-order valence-corrected chi connectivity index (χ4v) is 3.54. The number of rotatable bonds is 5. The van der Waals surface area contributed by atoms with Gasteiger partial charge in [0.2, 0.25) is 0 Å². The SMILES string of the molecule is Cc1cc(NC(=O)OC(C)C)nn1Cc1cc(Cl)cc2cc(-c3ccccc3)oc12. The molecule has 2 aromatic carbocycles. The van der Waals surface area contributed by atoms with Gasteiger partial charge in [0, 0.05) is 33.3 Å². The van der Waals surface area contributed by atoms with Crippen molar-refractivity contribution in [2.75, 3.05) is 5.32 Å². The zero-order valence-corrected chi connectivity index (χ0v) is 17.7. The van der Waals surface area contributed by atoms with E-state index in [1.807, 2.05) is 55.5 Å². The van der Waals surface area contributed by atoms with Crippen LogP contribution < -0.4 is 5.32 Å². The van der Waals surface area contributed by atoms with Gasteiger partial charge in [0.05, 0.1) is 12.6 Å². The lowest BCUT2D eigenvalue weighted by molar-refractivity contribution is 0.130. The number of anilines is 1. The van der Waals surface area contributed by atoms with E-state index in [1.165, 1.54) is 0 Å². The topological polar surface area (TPSA) is 69.3 Å². The number of hydrogen-bond donors (Lipinski definition) is 1. The third-order valence-electron chi connectivity index (χ3n) is 4.59. The van der Waals surface area contributed by atoms with Gasteiger partial charge in [-0.05, 0) is 39.0 Å². The van der Waals surface area contributed by atoms with E-state index in [1.54, 1.807) is 24.6 Å². The highest BCUT2D eigenvalue weighted by atomic mass is 35.5. The number of nitrogens with one attached hydrogen (secondary N) is 1. The number of benzene rings is 2. The van der Waals surface area contributed by atoms with Crippen LogP contribution in [0, 0.1) is 6.92 Å². The molecule has 0 spiro atoms. The summed E-state index contributed by atoms with van der Waals surface area (Å²) >= 11 is 6.36. The van der Waals surface area contributed by atoms with E-state index >= 15 is 0 Å². The van der Waals surface area contributed by atoms with Crippen LogP contribution in [0.2, 0.25) is 5.02 Å². The Hall–Kier alpha value is -3.25. The highest BCUT2D eigenvalue weighted by Crippen LogP contribution is 2.32. The Morgan fingerprint density at radius 1 is 1.20 bits per heavy atom. The molecule has 0 aliphatic carbocycles. The van der Waals surface area contributed by atoms with E-state index in [0.717, 1.165) is 33.6 Å². The molecule has 30 heavy (non-hydrogen) atoms. The van der Waals surface area contributed by atoms with Crippen molar-refractivity contribution in [2.24, 2.45) is 0 Å². The molecule has 0 unspecified atom stereocenters. The van der Waals surface area contributed by atoms with E-state index in [0.29, 0.717) is 17.4 Å².